The molecule has 0 radical (unpaired) electrons. The number of hydrogen-bond acceptors (Lipinski definition) is 1. The average Bonchev–Trinajstić information content (AvgIpc) is 2.49. The minimum absolute atomic E-state index is 0.129. The van der Waals surface area contributed by atoms with Crippen molar-refractivity contribution in [1.29, 1.82) is 0 Å². The van der Waals surface area contributed by atoms with E-state index in [1.165, 1.54) is 18.4 Å². The Bertz CT molecular complexity index is 530. The third kappa shape index (κ3) is 5.95. The number of rotatable bonds is 7. The number of halogens is 1. The van der Waals surface area contributed by atoms with Crippen LogP contribution >= 0.6 is 0 Å². The first kappa shape index (κ1) is 17.2. The van der Waals surface area contributed by atoms with E-state index in [4.69, 9.17) is 6.42 Å². The van der Waals surface area contributed by atoms with E-state index in [0.717, 1.165) is 17.9 Å². The van der Waals surface area contributed by atoms with Gasteiger partial charge in [0.2, 0.25) is 0 Å². The minimum Gasteiger partial charge on any atom is -0.243 e. The van der Waals surface area contributed by atoms with Gasteiger partial charge < -0.3 is 0 Å². The van der Waals surface area contributed by atoms with E-state index < -0.39 is 6.67 Å². The molecule has 1 aromatic rings. The topological polar surface area (TPSA) is 12.4 Å². The standard InChI is InChI=1S/C19H24FN/c1-5-18(14-20)21-19(6-2)17-12-10-16(11-13-17)9-7-8-15(3)4/h1,6,10-13,15H,7-9,14H2,2-4H3. The van der Waals surface area contributed by atoms with E-state index in [-0.39, 0.29) is 5.71 Å². The Morgan fingerprint density at radius 2 is 2.00 bits per heavy atom. The van der Waals surface area contributed by atoms with Crippen LogP contribution in [-0.2, 0) is 6.42 Å². The largest absolute Gasteiger partial charge is 0.243 e. The molecule has 0 bridgehead atoms. The Labute approximate surface area is 128 Å². The van der Waals surface area contributed by atoms with Gasteiger partial charge in [-0.3, -0.25) is 0 Å². The number of aryl methyl sites for hydroxylation is 1. The van der Waals surface area contributed by atoms with Crippen molar-refractivity contribution in [2.75, 3.05) is 6.67 Å². The second-order valence-corrected chi connectivity index (χ2v) is 5.49. The van der Waals surface area contributed by atoms with Gasteiger partial charge in [-0.15, -0.1) is 6.42 Å². The van der Waals surface area contributed by atoms with Crippen molar-refractivity contribution < 1.29 is 4.39 Å². The molecule has 0 aliphatic heterocycles. The van der Waals surface area contributed by atoms with Crippen molar-refractivity contribution in [2.45, 2.75) is 40.0 Å². The van der Waals surface area contributed by atoms with E-state index in [1.54, 1.807) is 0 Å². The molecule has 0 saturated heterocycles. The number of benzene rings is 1. The van der Waals surface area contributed by atoms with Crippen molar-refractivity contribution in [1.82, 2.24) is 0 Å². The molecule has 0 aliphatic carbocycles. The van der Waals surface area contributed by atoms with Crippen molar-refractivity contribution >= 4 is 11.4 Å². The van der Waals surface area contributed by atoms with Crippen LogP contribution in [0.3, 0.4) is 0 Å². The third-order valence-electron chi connectivity index (χ3n) is 3.32. The van der Waals surface area contributed by atoms with Gasteiger partial charge in [0, 0.05) is 0 Å². The van der Waals surface area contributed by atoms with Crippen molar-refractivity contribution in [3.8, 4) is 12.3 Å². The molecule has 0 fully saturated rings. The summed E-state index contributed by atoms with van der Waals surface area (Å²) in [6.45, 7) is 5.66. The molecule has 21 heavy (non-hydrogen) atoms. The van der Waals surface area contributed by atoms with Gasteiger partial charge >= 0.3 is 0 Å². The van der Waals surface area contributed by atoms with Crippen LogP contribution in [0.4, 0.5) is 4.39 Å². The number of nitrogens with zero attached hydrogens (tertiary/aromatic N) is 1. The monoisotopic (exact) mass is 285 g/mol. The first-order chi connectivity index (χ1) is 10.1. The van der Waals surface area contributed by atoms with Gasteiger partial charge in [-0.2, -0.15) is 0 Å². The molecule has 0 aromatic heterocycles. The summed E-state index contributed by atoms with van der Waals surface area (Å²) < 4.78 is 12.6. The Morgan fingerprint density at radius 3 is 2.48 bits per heavy atom. The van der Waals surface area contributed by atoms with Crippen LogP contribution in [0.2, 0.25) is 0 Å². The van der Waals surface area contributed by atoms with Gasteiger partial charge in [-0.25, -0.2) is 9.38 Å². The van der Waals surface area contributed by atoms with Gasteiger partial charge in [0.05, 0.1) is 5.70 Å². The molecule has 1 aromatic carbocycles. The molecular formula is C19H24FN. The second-order valence-electron chi connectivity index (χ2n) is 5.49. The SMILES string of the molecule is C#CC(CF)=NC(=CC)c1ccc(CCCC(C)C)cc1. The molecule has 1 nitrogen and oxygen atoms in total. The molecule has 0 atom stereocenters. The molecule has 0 unspecified atom stereocenters. The van der Waals surface area contributed by atoms with Crippen LogP contribution in [0.15, 0.2) is 35.3 Å². The highest BCUT2D eigenvalue weighted by Gasteiger charge is 2.02. The van der Waals surface area contributed by atoms with Gasteiger partial charge in [-0.1, -0.05) is 56.5 Å². The summed E-state index contributed by atoms with van der Waals surface area (Å²) in [4.78, 5) is 4.18. The first-order valence-electron chi connectivity index (χ1n) is 7.46. The van der Waals surface area contributed by atoms with E-state index >= 15 is 0 Å². The highest BCUT2D eigenvalue weighted by molar-refractivity contribution is 6.03. The van der Waals surface area contributed by atoms with Gasteiger partial charge in [0.25, 0.3) is 0 Å². The lowest BCUT2D eigenvalue weighted by Crippen LogP contribution is -1.97. The van der Waals surface area contributed by atoms with E-state index in [1.807, 2.05) is 25.1 Å². The summed E-state index contributed by atoms with van der Waals surface area (Å²) >= 11 is 0. The predicted octanol–water partition coefficient (Wildman–Crippen LogP) is 5.07. The summed E-state index contributed by atoms with van der Waals surface area (Å²) in [7, 11) is 0. The zero-order valence-corrected chi connectivity index (χ0v) is 13.2. The molecule has 0 aliphatic rings. The summed E-state index contributed by atoms with van der Waals surface area (Å²) in [6, 6.07) is 8.27. The normalized spacial score (nSPS) is 12.6. The molecule has 0 saturated carbocycles. The number of terminal acetylenes is 1. The molecule has 0 N–H and O–H groups in total. The average molecular weight is 285 g/mol. The lowest BCUT2D eigenvalue weighted by Gasteiger charge is -2.07. The lowest BCUT2D eigenvalue weighted by atomic mass is 10.0. The van der Waals surface area contributed by atoms with Crippen molar-refractivity contribution in [3.05, 3.63) is 41.5 Å². The van der Waals surface area contributed by atoms with Gasteiger partial charge in [0.1, 0.15) is 12.4 Å². The van der Waals surface area contributed by atoms with Crippen LogP contribution in [0.5, 0.6) is 0 Å². The Morgan fingerprint density at radius 1 is 1.33 bits per heavy atom. The molecule has 2 heteroatoms. The maximum absolute atomic E-state index is 12.6. The zero-order chi connectivity index (χ0) is 15.7. The number of aliphatic imine (C=N–C) groups is 1. The number of hydrogen-bond donors (Lipinski definition) is 0. The first-order valence-corrected chi connectivity index (χ1v) is 7.46. The smallest absolute Gasteiger partial charge is 0.140 e. The number of alkyl halides is 1. The Hall–Kier alpha value is -1.88. The highest BCUT2D eigenvalue weighted by Crippen LogP contribution is 2.18. The quantitative estimate of drug-likeness (QED) is 0.490. The third-order valence-corrected chi connectivity index (χ3v) is 3.32. The molecule has 0 spiro atoms. The fraction of sp³-hybridized carbons (Fsp3) is 0.421. The van der Waals surface area contributed by atoms with Crippen LogP contribution in [0.25, 0.3) is 5.70 Å². The Kier molecular flexibility index (Phi) is 7.46. The fourth-order valence-electron chi connectivity index (χ4n) is 2.10. The van der Waals surface area contributed by atoms with E-state index in [0.29, 0.717) is 5.70 Å². The van der Waals surface area contributed by atoms with Crippen LogP contribution in [-0.4, -0.2) is 12.4 Å². The maximum Gasteiger partial charge on any atom is 0.140 e. The van der Waals surface area contributed by atoms with Crippen molar-refractivity contribution in [2.24, 2.45) is 10.9 Å². The number of allylic oxidation sites excluding steroid dienone is 1. The Balaban J connectivity index is 2.77. The maximum atomic E-state index is 12.6. The van der Waals surface area contributed by atoms with Gasteiger partial charge in [-0.05, 0) is 36.8 Å². The fourth-order valence-corrected chi connectivity index (χ4v) is 2.10. The van der Waals surface area contributed by atoms with Crippen LogP contribution in [0.1, 0.15) is 44.7 Å². The molecular weight excluding hydrogens is 261 g/mol. The highest BCUT2D eigenvalue weighted by atomic mass is 19.1. The van der Waals surface area contributed by atoms with Crippen LogP contribution < -0.4 is 0 Å². The minimum atomic E-state index is -0.707. The van der Waals surface area contributed by atoms with Gasteiger partial charge in [0.15, 0.2) is 0 Å². The lowest BCUT2D eigenvalue weighted by molar-refractivity contribution is 0.556. The second kappa shape index (κ2) is 9.13. The summed E-state index contributed by atoms with van der Waals surface area (Å²) in [5.74, 6) is 3.02. The summed E-state index contributed by atoms with van der Waals surface area (Å²) in [5.41, 5.74) is 3.13. The summed E-state index contributed by atoms with van der Waals surface area (Å²) in [5, 5.41) is 0. The van der Waals surface area contributed by atoms with Crippen molar-refractivity contribution in [3.63, 3.8) is 0 Å². The summed E-state index contributed by atoms with van der Waals surface area (Å²) in [6.07, 6.45) is 10.6. The molecule has 112 valence electrons. The predicted molar refractivity (Wildman–Crippen MR) is 90.1 cm³/mol. The van der Waals surface area contributed by atoms with E-state index in [2.05, 4.69) is 36.9 Å². The molecule has 0 amide bonds. The molecule has 0 heterocycles. The zero-order valence-electron chi connectivity index (χ0n) is 13.2. The van der Waals surface area contributed by atoms with Crippen LogP contribution in [0, 0.1) is 18.3 Å². The molecule has 1 rings (SSSR count). The van der Waals surface area contributed by atoms with E-state index in [9.17, 15) is 4.39 Å².